The number of nitrogens with two attached hydrogens (primary N) is 1. The van der Waals surface area contributed by atoms with Crippen molar-refractivity contribution < 1.29 is 13.2 Å². The van der Waals surface area contributed by atoms with Crippen LogP contribution in [-0.4, -0.2) is 20.8 Å². The number of ether oxygens (including phenoxy) is 1. The zero-order valence-electron chi connectivity index (χ0n) is 8.02. The van der Waals surface area contributed by atoms with Crippen LogP contribution in [0, 0.1) is 0 Å². The summed E-state index contributed by atoms with van der Waals surface area (Å²) in [6, 6.07) is 7.62. The molecule has 0 amide bonds. The molecule has 0 atom stereocenters. The van der Waals surface area contributed by atoms with E-state index in [1.807, 2.05) is 24.3 Å². The van der Waals surface area contributed by atoms with Crippen LogP contribution in [-0.2, 0) is 21.4 Å². The van der Waals surface area contributed by atoms with Crippen molar-refractivity contribution in [2.75, 3.05) is 12.4 Å². The molecule has 0 spiro atoms. The quantitative estimate of drug-likeness (QED) is 0.831. The molecular weight excluding hydrogens is 282 g/mol. The molecule has 84 valence electrons. The van der Waals surface area contributed by atoms with Crippen LogP contribution in [0.15, 0.2) is 28.7 Å². The Balaban J connectivity index is 2.32. The summed E-state index contributed by atoms with van der Waals surface area (Å²) in [6.45, 7) is 0.500. The zero-order chi connectivity index (χ0) is 11.3. The first-order chi connectivity index (χ1) is 6.97. The molecule has 6 heteroatoms. The highest BCUT2D eigenvalue weighted by molar-refractivity contribution is 9.10. The van der Waals surface area contributed by atoms with Gasteiger partial charge in [-0.2, -0.15) is 0 Å². The average molecular weight is 294 g/mol. The van der Waals surface area contributed by atoms with Gasteiger partial charge in [0.1, 0.15) is 0 Å². The Hall–Kier alpha value is -0.430. The first-order valence-electron chi connectivity index (χ1n) is 4.30. The van der Waals surface area contributed by atoms with Crippen molar-refractivity contribution in [3.05, 3.63) is 34.3 Å². The second-order valence-electron chi connectivity index (χ2n) is 3.05. The molecule has 0 saturated heterocycles. The number of benzene rings is 1. The fourth-order valence-electron chi connectivity index (χ4n) is 0.992. The molecule has 0 radical (unpaired) electrons. The minimum Gasteiger partial charge on any atom is -0.376 e. The van der Waals surface area contributed by atoms with E-state index in [0.29, 0.717) is 6.61 Å². The van der Waals surface area contributed by atoms with Crippen LogP contribution in [0.1, 0.15) is 5.56 Å². The van der Waals surface area contributed by atoms with Gasteiger partial charge in [-0.3, -0.25) is 0 Å². The first kappa shape index (κ1) is 12.6. The minimum atomic E-state index is -3.42. The van der Waals surface area contributed by atoms with Crippen LogP contribution in [0.25, 0.3) is 0 Å². The Morgan fingerprint density at radius 1 is 1.40 bits per heavy atom. The third kappa shape index (κ3) is 5.88. The summed E-state index contributed by atoms with van der Waals surface area (Å²) in [4.78, 5) is 0. The van der Waals surface area contributed by atoms with E-state index in [1.54, 1.807) is 0 Å². The van der Waals surface area contributed by atoms with E-state index in [1.165, 1.54) is 0 Å². The van der Waals surface area contributed by atoms with Gasteiger partial charge in [-0.25, -0.2) is 13.6 Å². The van der Waals surface area contributed by atoms with E-state index in [4.69, 9.17) is 9.88 Å². The summed E-state index contributed by atoms with van der Waals surface area (Å²) in [6.07, 6.45) is 0. The SMILES string of the molecule is NS(=O)(=O)CCOCc1cccc(Br)c1. The van der Waals surface area contributed by atoms with Crippen LogP contribution >= 0.6 is 15.9 Å². The molecule has 15 heavy (non-hydrogen) atoms. The van der Waals surface area contributed by atoms with Gasteiger partial charge in [0.05, 0.1) is 19.0 Å². The maximum atomic E-state index is 10.6. The highest BCUT2D eigenvalue weighted by Crippen LogP contribution is 2.12. The fourth-order valence-corrected chi connectivity index (χ4v) is 1.79. The van der Waals surface area contributed by atoms with Gasteiger partial charge in [0.15, 0.2) is 0 Å². The normalized spacial score (nSPS) is 11.6. The van der Waals surface area contributed by atoms with E-state index in [-0.39, 0.29) is 12.4 Å². The monoisotopic (exact) mass is 293 g/mol. The van der Waals surface area contributed by atoms with Crippen molar-refractivity contribution in [2.45, 2.75) is 6.61 Å². The smallest absolute Gasteiger partial charge is 0.211 e. The lowest BCUT2D eigenvalue weighted by Gasteiger charge is -2.03. The molecule has 2 N–H and O–H groups in total. The number of hydrogen-bond donors (Lipinski definition) is 1. The Morgan fingerprint density at radius 3 is 2.73 bits per heavy atom. The molecule has 0 aromatic heterocycles. The molecular formula is C9H12BrNO3S. The second kappa shape index (κ2) is 5.60. The van der Waals surface area contributed by atoms with Crippen LogP contribution in [0.5, 0.6) is 0 Å². The molecule has 1 aromatic rings. The first-order valence-corrected chi connectivity index (χ1v) is 6.81. The number of hydrogen-bond acceptors (Lipinski definition) is 3. The van der Waals surface area contributed by atoms with Gasteiger partial charge in [-0.1, -0.05) is 28.1 Å². The van der Waals surface area contributed by atoms with Gasteiger partial charge in [0, 0.05) is 4.47 Å². The highest BCUT2D eigenvalue weighted by Gasteiger charge is 2.02. The molecule has 1 rings (SSSR count). The van der Waals surface area contributed by atoms with E-state index in [0.717, 1.165) is 10.0 Å². The summed E-state index contributed by atoms with van der Waals surface area (Å²) in [5.41, 5.74) is 0.985. The lowest BCUT2D eigenvalue weighted by Crippen LogP contribution is -2.20. The molecule has 0 heterocycles. The van der Waals surface area contributed by atoms with Gasteiger partial charge in [0.25, 0.3) is 0 Å². The van der Waals surface area contributed by atoms with Gasteiger partial charge < -0.3 is 4.74 Å². The second-order valence-corrected chi connectivity index (χ2v) is 5.70. The predicted octanol–water partition coefficient (Wildman–Crippen LogP) is 1.25. The molecule has 4 nitrogen and oxygen atoms in total. The van der Waals surface area contributed by atoms with Crippen molar-refractivity contribution >= 4 is 26.0 Å². The molecule has 0 aliphatic rings. The zero-order valence-corrected chi connectivity index (χ0v) is 10.4. The highest BCUT2D eigenvalue weighted by atomic mass is 79.9. The lowest BCUT2D eigenvalue weighted by atomic mass is 10.2. The fraction of sp³-hybridized carbons (Fsp3) is 0.333. The van der Waals surface area contributed by atoms with Crippen molar-refractivity contribution in [2.24, 2.45) is 5.14 Å². The average Bonchev–Trinajstić information content (AvgIpc) is 2.11. The minimum absolute atomic E-state index is 0.116. The number of halogens is 1. The van der Waals surface area contributed by atoms with Gasteiger partial charge in [-0.05, 0) is 17.7 Å². The summed E-state index contributed by atoms with van der Waals surface area (Å²) in [5, 5.41) is 4.82. The third-order valence-corrected chi connectivity index (χ3v) is 2.90. The van der Waals surface area contributed by atoms with E-state index < -0.39 is 10.0 Å². The molecule has 0 aliphatic carbocycles. The maximum Gasteiger partial charge on any atom is 0.211 e. The van der Waals surface area contributed by atoms with Crippen LogP contribution in [0.4, 0.5) is 0 Å². The summed E-state index contributed by atoms with van der Waals surface area (Å²) < 4.78 is 27.3. The molecule has 0 bridgehead atoms. The van der Waals surface area contributed by atoms with Gasteiger partial charge in [-0.15, -0.1) is 0 Å². The Kier molecular flexibility index (Phi) is 4.72. The van der Waals surface area contributed by atoms with E-state index in [9.17, 15) is 8.42 Å². The number of rotatable bonds is 5. The number of sulfonamides is 1. The van der Waals surface area contributed by atoms with E-state index >= 15 is 0 Å². The van der Waals surface area contributed by atoms with Gasteiger partial charge in [0.2, 0.25) is 10.0 Å². The van der Waals surface area contributed by atoms with Crippen LogP contribution in [0.2, 0.25) is 0 Å². The number of primary sulfonamides is 1. The topological polar surface area (TPSA) is 69.4 Å². The van der Waals surface area contributed by atoms with Crippen molar-refractivity contribution in [3.63, 3.8) is 0 Å². The molecule has 0 saturated carbocycles. The third-order valence-electron chi connectivity index (χ3n) is 1.67. The largest absolute Gasteiger partial charge is 0.376 e. The molecule has 0 unspecified atom stereocenters. The summed E-state index contributed by atoms with van der Waals surface area (Å²) in [7, 11) is -3.42. The Morgan fingerprint density at radius 2 is 2.13 bits per heavy atom. The summed E-state index contributed by atoms with van der Waals surface area (Å²) in [5.74, 6) is -0.152. The van der Waals surface area contributed by atoms with E-state index in [2.05, 4.69) is 15.9 Å². The maximum absolute atomic E-state index is 10.6. The molecule has 0 fully saturated rings. The van der Waals surface area contributed by atoms with Crippen molar-refractivity contribution in [1.82, 2.24) is 0 Å². The van der Waals surface area contributed by atoms with Crippen LogP contribution < -0.4 is 5.14 Å². The lowest BCUT2D eigenvalue weighted by molar-refractivity contribution is 0.135. The van der Waals surface area contributed by atoms with Crippen LogP contribution in [0.3, 0.4) is 0 Å². The standard InChI is InChI=1S/C9H12BrNO3S/c10-9-3-1-2-8(6-9)7-14-4-5-15(11,12)13/h1-3,6H,4-5,7H2,(H2,11,12,13). The molecule has 0 aliphatic heterocycles. The predicted molar refractivity (Wildman–Crippen MR) is 61.8 cm³/mol. The van der Waals surface area contributed by atoms with Crippen molar-refractivity contribution in [3.8, 4) is 0 Å². The Labute approximate surface area is 97.6 Å². The Bertz CT molecular complexity index is 419. The van der Waals surface area contributed by atoms with Crippen molar-refractivity contribution in [1.29, 1.82) is 0 Å². The summed E-state index contributed by atoms with van der Waals surface area (Å²) >= 11 is 3.33. The molecule has 1 aromatic carbocycles. The van der Waals surface area contributed by atoms with Gasteiger partial charge >= 0.3 is 0 Å².